The lowest BCUT2D eigenvalue weighted by molar-refractivity contribution is 0.517. The summed E-state index contributed by atoms with van der Waals surface area (Å²) in [7, 11) is 2.05. The van der Waals surface area contributed by atoms with Gasteiger partial charge in [0, 0.05) is 36.7 Å². The van der Waals surface area contributed by atoms with Gasteiger partial charge in [0.2, 0.25) is 0 Å². The van der Waals surface area contributed by atoms with Crippen LogP contribution in [0.4, 0.5) is 4.39 Å². The molecule has 3 aromatic rings. The molecule has 124 valence electrons. The van der Waals surface area contributed by atoms with Gasteiger partial charge in [-0.3, -0.25) is 0 Å². The van der Waals surface area contributed by atoms with Gasteiger partial charge in [-0.05, 0) is 54.5 Å². The quantitative estimate of drug-likeness (QED) is 0.734. The van der Waals surface area contributed by atoms with Gasteiger partial charge in [-0.15, -0.1) is 0 Å². The highest BCUT2D eigenvalue weighted by Gasteiger charge is 2.27. The molecule has 24 heavy (non-hydrogen) atoms. The van der Waals surface area contributed by atoms with E-state index in [9.17, 15) is 4.39 Å². The minimum absolute atomic E-state index is 0.147. The first-order chi connectivity index (χ1) is 11.7. The van der Waals surface area contributed by atoms with Crippen LogP contribution in [0.15, 0.2) is 54.7 Å². The Morgan fingerprint density at radius 1 is 1.12 bits per heavy atom. The summed E-state index contributed by atoms with van der Waals surface area (Å²) in [5.74, 6) is 0.371. The van der Waals surface area contributed by atoms with Crippen molar-refractivity contribution in [2.24, 2.45) is 7.05 Å². The molecule has 0 amide bonds. The van der Waals surface area contributed by atoms with Crippen LogP contribution in [0.2, 0.25) is 0 Å². The van der Waals surface area contributed by atoms with Gasteiger partial charge in [0.15, 0.2) is 0 Å². The average Bonchev–Trinajstić information content (AvgIpc) is 3.18. The molecule has 0 spiro atoms. The van der Waals surface area contributed by atoms with Crippen molar-refractivity contribution in [2.45, 2.75) is 37.8 Å². The van der Waals surface area contributed by atoms with E-state index in [0.717, 1.165) is 23.9 Å². The van der Waals surface area contributed by atoms with Crippen LogP contribution in [-0.4, -0.2) is 10.6 Å². The second-order valence-corrected chi connectivity index (χ2v) is 6.93. The van der Waals surface area contributed by atoms with Crippen LogP contribution in [0.25, 0.3) is 10.9 Å². The van der Waals surface area contributed by atoms with Crippen LogP contribution >= 0.6 is 0 Å². The standard InChI is InChI=1S/C21H23FN2/c1-24-14-20(19-12-17(22)8-10-21(19)24)16-7-9-18(11-16)23-13-15-5-3-2-4-6-15/h2-6,8,10,12,14,16,18,23H,7,9,11,13H2,1H3/t16-,18+/m0/s1. The summed E-state index contributed by atoms with van der Waals surface area (Å²) < 4.78 is 15.8. The topological polar surface area (TPSA) is 17.0 Å². The minimum atomic E-state index is -0.147. The molecular weight excluding hydrogens is 299 g/mol. The molecule has 4 rings (SSSR count). The number of aryl methyl sites for hydroxylation is 1. The maximum atomic E-state index is 13.7. The number of hydrogen-bond donors (Lipinski definition) is 1. The molecule has 1 aliphatic carbocycles. The average molecular weight is 322 g/mol. The molecule has 0 saturated heterocycles. The highest BCUT2D eigenvalue weighted by atomic mass is 19.1. The molecule has 1 N–H and O–H groups in total. The van der Waals surface area contributed by atoms with Crippen molar-refractivity contribution in [3.05, 3.63) is 71.7 Å². The van der Waals surface area contributed by atoms with E-state index in [0.29, 0.717) is 12.0 Å². The van der Waals surface area contributed by atoms with E-state index in [1.54, 1.807) is 12.1 Å². The van der Waals surface area contributed by atoms with E-state index in [4.69, 9.17) is 0 Å². The maximum Gasteiger partial charge on any atom is 0.123 e. The number of nitrogens with zero attached hydrogens (tertiary/aromatic N) is 1. The lowest BCUT2D eigenvalue weighted by atomic mass is 9.97. The summed E-state index contributed by atoms with van der Waals surface area (Å²) in [5, 5.41) is 4.76. The number of aromatic nitrogens is 1. The summed E-state index contributed by atoms with van der Waals surface area (Å²) in [6, 6.07) is 16.2. The third-order valence-electron chi connectivity index (χ3n) is 5.29. The largest absolute Gasteiger partial charge is 0.350 e. The molecule has 0 bridgehead atoms. The number of benzene rings is 2. The monoisotopic (exact) mass is 322 g/mol. The number of halogens is 1. The number of fused-ring (bicyclic) bond motifs is 1. The van der Waals surface area contributed by atoms with Gasteiger partial charge in [-0.1, -0.05) is 30.3 Å². The van der Waals surface area contributed by atoms with Crippen LogP contribution in [0, 0.1) is 5.82 Å². The molecular formula is C21H23FN2. The first-order valence-electron chi connectivity index (χ1n) is 8.72. The van der Waals surface area contributed by atoms with Gasteiger partial charge in [-0.2, -0.15) is 0 Å². The minimum Gasteiger partial charge on any atom is -0.350 e. The maximum absolute atomic E-state index is 13.7. The zero-order valence-electron chi connectivity index (χ0n) is 14.0. The van der Waals surface area contributed by atoms with Crippen LogP contribution in [0.3, 0.4) is 0 Å². The molecule has 1 aromatic heterocycles. The van der Waals surface area contributed by atoms with Gasteiger partial charge in [0.1, 0.15) is 5.82 Å². The number of rotatable bonds is 4. The van der Waals surface area contributed by atoms with Crippen LogP contribution in [-0.2, 0) is 13.6 Å². The fourth-order valence-electron chi connectivity index (χ4n) is 4.03. The summed E-state index contributed by atoms with van der Waals surface area (Å²) >= 11 is 0. The van der Waals surface area contributed by atoms with Crippen LogP contribution in [0.5, 0.6) is 0 Å². The van der Waals surface area contributed by atoms with Crippen molar-refractivity contribution in [2.75, 3.05) is 0 Å². The van der Waals surface area contributed by atoms with Gasteiger partial charge < -0.3 is 9.88 Å². The lowest BCUT2D eigenvalue weighted by Gasteiger charge is -2.13. The summed E-state index contributed by atoms with van der Waals surface area (Å²) in [4.78, 5) is 0. The van der Waals surface area contributed by atoms with E-state index < -0.39 is 0 Å². The van der Waals surface area contributed by atoms with E-state index in [-0.39, 0.29) is 5.82 Å². The molecule has 1 fully saturated rings. The van der Waals surface area contributed by atoms with E-state index in [1.165, 1.54) is 24.0 Å². The van der Waals surface area contributed by atoms with Crippen molar-refractivity contribution in [1.29, 1.82) is 0 Å². The molecule has 1 aliphatic rings. The molecule has 3 heteroatoms. The zero-order valence-corrected chi connectivity index (χ0v) is 14.0. The molecule has 2 atom stereocenters. The first-order valence-corrected chi connectivity index (χ1v) is 8.72. The second kappa shape index (κ2) is 6.40. The highest BCUT2D eigenvalue weighted by molar-refractivity contribution is 5.84. The van der Waals surface area contributed by atoms with E-state index >= 15 is 0 Å². The molecule has 0 aliphatic heterocycles. The fraction of sp³-hybridized carbons (Fsp3) is 0.333. The van der Waals surface area contributed by atoms with Crippen molar-refractivity contribution < 1.29 is 4.39 Å². The Kier molecular flexibility index (Phi) is 4.11. The Morgan fingerprint density at radius 2 is 1.96 bits per heavy atom. The van der Waals surface area contributed by atoms with Gasteiger partial charge in [0.05, 0.1) is 0 Å². The third kappa shape index (κ3) is 2.96. The van der Waals surface area contributed by atoms with Gasteiger partial charge in [0.25, 0.3) is 0 Å². The second-order valence-electron chi connectivity index (χ2n) is 6.93. The third-order valence-corrected chi connectivity index (χ3v) is 5.29. The zero-order chi connectivity index (χ0) is 16.5. The predicted octanol–water partition coefficient (Wildman–Crippen LogP) is 4.74. The van der Waals surface area contributed by atoms with E-state index in [2.05, 4.69) is 46.4 Å². The Morgan fingerprint density at radius 3 is 2.79 bits per heavy atom. The van der Waals surface area contributed by atoms with Crippen molar-refractivity contribution in [1.82, 2.24) is 9.88 Å². The smallest absolute Gasteiger partial charge is 0.123 e. The number of nitrogens with one attached hydrogen (secondary N) is 1. The summed E-state index contributed by atoms with van der Waals surface area (Å²) in [5.41, 5.74) is 3.75. The summed E-state index contributed by atoms with van der Waals surface area (Å²) in [6.07, 6.45) is 5.67. The fourth-order valence-corrected chi connectivity index (χ4v) is 4.03. The Balaban J connectivity index is 1.48. The SMILES string of the molecule is Cn1cc([C@H]2CC[C@@H](NCc3ccccc3)C2)c2cc(F)ccc21. The molecule has 2 aromatic carbocycles. The Bertz CT molecular complexity index is 838. The summed E-state index contributed by atoms with van der Waals surface area (Å²) in [6.45, 7) is 0.919. The van der Waals surface area contributed by atoms with E-state index in [1.807, 2.05) is 13.1 Å². The molecule has 0 unspecified atom stereocenters. The van der Waals surface area contributed by atoms with Crippen LogP contribution < -0.4 is 5.32 Å². The van der Waals surface area contributed by atoms with Crippen molar-refractivity contribution >= 4 is 10.9 Å². The molecule has 0 radical (unpaired) electrons. The predicted molar refractivity (Wildman–Crippen MR) is 96.5 cm³/mol. The molecule has 1 saturated carbocycles. The van der Waals surface area contributed by atoms with Crippen molar-refractivity contribution in [3.8, 4) is 0 Å². The van der Waals surface area contributed by atoms with Crippen molar-refractivity contribution in [3.63, 3.8) is 0 Å². The van der Waals surface area contributed by atoms with Crippen LogP contribution in [0.1, 0.15) is 36.3 Å². The molecule has 1 heterocycles. The first kappa shape index (κ1) is 15.4. The highest BCUT2D eigenvalue weighted by Crippen LogP contribution is 2.38. The normalized spacial score (nSPS) is 20.8. The lowest BCUT2D eigenvalue weighted by Crippen LogP contribution is -2.25. The Labute approximate surface area is 142 Å². The number of hydrogen-bond acceptors (Lipinski definition) is 1. The Hall–Kier alpha value is -2.13. The van der Waals surface area contributed by atoms with Gasteiger partial charge >= 0.3 is 0 Å². The van der Waals surface area contributed by atoms with Gasteiger partial charge in [-0.25, -0.2) is 4.39 Å². The molecule has 2 nitrogen and oxygen atoms in total.